The van der Waals surface area contributed by atoms with Crippen molar-refractivity contribution in [3.63, 3.8) is 0 Å². The molecule has 0 bridgehead atoms. The van der Waals surface area contributed by atoms with Gasteiger partial charge in [-0.3, -0.25) is 4.79 Å². The molecule has 1 spiro atoms. The fraction of sp³-hybridized carbons (Fsp3) is 0.667. The van der Waals surface area contributed by atoms with E-state index in [1.165, 1.54) is 13.0 Å². The van der Waals surface area contributed by atoms with Gasteiger partial charge in [-0.2, -0.15) is 13.2 Å². The number of halogens is 6. The van der Waals surface area contributed by atoms with Crippen molar-refractivity contribution in [2.75, 3.05) is 13.2 Å². The largest absolute Gasteiger partial charge is 0.471 e. The molecule has 1 amide bonds. The smallest absolute Gasteiger partial charge is 0.377 e. The van der Waals surface area contributed by atoms with Crippen LogP contribution in [0.2, 0.25) is 4.34 Å². The minimum absolute atomic E-state index is 0.0116. The van der Waals surface area contributed by atoms with Crippen molar-refractivity contribution in [2.24, 2.45) is 0 Å². The Kier molecular flexibility index (Phi) is 4.78. The van der Waals surface area contributed by atoms with Crippen molar-refractivity contribution in [1.82, 2.24) is 4.90 Å². The Balaban J connectivity index is 1.94. The van der Waals surface area contributed by atoms with Crippen molar-refractivity contribution in [3.05, 3.63) is 20.8 Å². The molecule has 1 fully saturated rings. The first-order valence-electron chi connectivity index (χ1n) is 7.73. The summed E-state index contributed by atoms with van der Waals surface area (Å²) in [7, 11) is 0. The first kappa shape index (κ1) is 19.8. The Morgan fingerprint density at radius 2 is 2.15 bits per heavy atom. The Labute approximate surface area is 154 Å². The molecule has 2 aliphatic rings. The highest BCUT2D eigenvalue weighted by atomic mass is 35.5. The molecule has 3 atom stereocenters. The molecule has 0 saturated carbocycles. The quantitative estimate of drug-likeness (QED) is 0.707. The van der Waals surface area contributed by atoms with Crippen LogP contribution in [0.15, 0.2) is 6.07 Å². The predicted octanol–water partition coefficient (Wildman–Crippen LogP) is 3.65. The van der Waals surface area contributed by atoms with E-state index in [2.05, 4.69) is 0 Å². The Hall–Kier alpha value is -0.970. The van der Waals surface area contributed by atoms with E-state index in [9.17, 15) is 31.9 Å². The number of amides is 1. The first-order valence-corrected chi connectivity index (χ1v) is 8.93. The number of ether oxygens (including phenoxy) is 1. The minimum Gasteiger partial charge on any atom is -0.377 e. The van der Waals surface area contributed by atoms with Crippen molar-refractivity contribution < 1.29 is 36.6 Å². The van der Waals surface area contributed by atoms with Crippen LogP contribution in [-0.2, 0) is 20.7 Å². The van der Waals surface area contributed by atoms with Crippen LogP contribution in [-0.4, -0.2) is 47.7 Å². The molecule has 1 aromatic heterocycles. The van der Waals surface area contributed by atoms with Gasteiger partial charge in [-0.05, 0) is 19.4 Å². The molecular formula is C15H15ClF5NO3S. The van der Waals surface area contributed by atoms with E-state index >= 15 is 0 Å². The number of hydrogen-bond acceptors (Lipinski definition) is 4. The van der Waals surface area contributed by atoms with Crippen molar-refractivity contribution in [1.29, 1.82) is 0 Å². The average molecular weight is 420 g/mol. The second-order valence-corrected chi connectivity index (χ2v) is 8.28. The van der Waals surface area contributed by atoms with E-state index in [1.54, 1.807) is 0 Å². The van der Waals surface area contributed by atoms with Gasteiger partial charge in [0.05, 0.1) is 10.9 Å². The molecule has 1 saturated heterocycles. The molecule has 0 unspecified atom stereocenters. The summed E-state index contributed by atoms with van der Waals surface area (Å²) in [6.45, 7) is 0.489. The van der Waals surface area contributed by atoms with Gasteiger partial charge in [0.25, 0.3) is 6.43 Å². The van der Waals surface area contributed by atoms with Gasteiger partial charge in [0.1, 0.15) is 5.60 Å². The molecular weight excluding hydrogens is 405 g/mol. The maximum atomic E-state index is 13.4. The topological polar surface area (TPSA) is 49.8 Å². The van der Waals surface area contributed by atoms with Gasteiger partial charge in [0.15, 0.2) is 5.60 Å². The van der Waals surface area contributed by atoms with Crippen molar-refractivity contribution in [2.45, 2.75) is 49.6 Å². The number of alkyl halides is 5. The van der Waals surface area contributed by atoms with Crippen LogP contribution in [0.25, 0.3) is 0 Å². The summed E-state index contributed by atoms with van der Waals surface area (Å²) in [5.74, 6) is -1.94. The summed E-state index contributed by atoms with van der Waals surface area (Å²) in [6, 6.07) is 0.417. The summed E-state index contributed by atoms with van der Waals surface area (Å²) in [6.07, 6.45) is -8.13. The van der Waals surface area contributed by atoms with Crippen LogP contribution in [0.1, 0.15) is 30.2 Å². The number of fused-ring (bicyclic) bond motifs is 2. The lowest BCUT2D eigenvalue weighted by Crippen LogP contribution is -2.57. The maximum absolute atomic E-state index is 13.4. The van der Waals surface area contributed by atoms with Gasteiger partial charge in [0, 0.05) is 29.4 Å². The third-order valence-electron chi connectivity index (χ3n) is 4.93. The van der Waals surface area contributed by atoms with E-state index in [0.717, 1.165) is 11.3 Å². The number of thiophene rings is 1. The van der Waals surface area contributed by atoms with Gasteiger partial charge in [-0.1, -0.05) is 11.6 Å². The zero-order valence-corrected chi connectivity index (χ0v) is 15.0. The molecule has 3 rings (SSSR count). The van der Waals surface area contributed by atoms with Gasteiger partial charge in [-0.15, -0.1) is 11.3 Å². The molecule has 3 heterocycles. The van der Waals surface area contributed by atoms with E-state index < -0.39 is 42.4 Å². The summed E-state index contributed by atoms with van der Waals surface area (Å²) >= 11 is 6.91. The highest BCUT2D eigenvalue weighted by Gasteiger charge is 2.56. The number of carbonyl (C=O) groups excluding carboxylic acids is 1. The summed E-state index contributed by atoms with van der Waals surface area (Å²) in [4.78, 5) is 12.5. The van der Waals surface area contributed by atoms with Crippen LogP contribution < -0.4 is 0 Å². The Morgan fingerprint density at radius 1 is 1.50 bits per heavy atom. The van der Waals surface area contributed by atoms with Gasteiger partial charge in [0.2, 0.25) is 0 Å². The van der Waals surface area contributed by atoms with E-state index in [4.69, 9.17) is 16.3 Å². The van der Waals surface area contributed by atoms with Gasteiger partial charge < -0.3 is 14.7 Å². The SMILES string of the molecule is C[C@H]1C[C@@]2(CCN1C(=O)C(F)(F)F)OC[C@@](O)(C(F)F)c1cc(Cl)sc12. The van der Waals surface area contributed by atoms with E-state index in [-0.39, 0.29) is 34.2 Å². The third-order valence-corrected chi connectivity index (χ3v) is 6.38. The monoisotopic (exact) mass is 419 g/mol. The average Bonchev–Trinajstić information content (AvgIpc) is 2.94. The minimum atomic E-state index is -4.99. The van der Waals surface area contributed by atoms with Crippen LogP contribution in [0.4, 0.5) is 22.0 Å². The first-order chi connectivity index (χ1) is 11.9. The lowest BCUT2D eigenvalue weighted by molar-refractivity contribution is -0.217. The lowest BCUT2D eigenvalue weighted by atomic mass is 9.78. The molecule has 1 aromatic rings. The van der Waals surface area contributed by atoms with Crippen LogP contribution >= 0.6 is 22.9 Å². The van der Waals surface area contributed by atoms with Gasteiger partial charge in [-0.25, -0.2) is 8.78 Å². The fourth-order valence-corrected chi connectivity index (χ4v) is 5.09. The third kappa shape index (κ3) is 3.00. The zero-order chi connectivity index (χ0) is 19.5. The molecule has 0 radical (unpaired) electrons. The Bertz CT molecular complexity index is 727. The summed E-state index contributed by atoms with van der Waals surface area (Å²) in [5.41, 5.74) is -3.74. The number of aliphatic hydroxyl groups is 1. The van der Waals surface area contributed by atoms with Crippen LogP contribution in [0.3, 0.4) is 0 Å². The second kappa shape index (κ2) is 6.29. The molecule has 11 heteroatoms. The molecule has 4 nitrogen and oxygen atoms in total. The van der Waals surface area contributed by atoms with Crippen LogP contribution in [0, 0.1) is 0 Å². The highest BCUT2D eigenvalue weighted by molar-refractivity contribution is 7.16. The molecule has 26 heavy (non-hydrogen) atoms. The number of rotatable bonds is 1. The zero-order valence-electron chi connectivity index (χ0n) is 13.4. The molecule has 1 N–H and O–H groups in total. The maximum Gasteiger partial charge on any atom is 0.471 e. The standard InChI is InChI=1S/C15H15ClF5NO3S/c1-7-5-13(2-3-22(7)12(23)15(19,20)21)10-8(4-9(16)26-10)14(24,6-25-13)11(17)18/h4,7,11,24H,2-3,5-6H2,1H3/t7-,13+,14-/m0/s1. The second-order valence-electron chi connectivity index (χ2n) is 6.60. The summed E-state index contributed by atoms with van der Waals surface area (Å²) in [5, 5.41) is 10.3. The summed E-state index contributed by atoms with van der Waals surface area (Å²) < 4.78 is 70.7. The number of hydrogen-bond donors (Lipinski definition) is 1. The van der Waals surface area contributed by atoms with Gasteiger partial charge >= 0.3 is 12.1 Å². The van der Waals surface area contributed by atoms with Crippen molar-refractivity contribution in [3.8, 4) is 0 Å². The molecule has 0 aromatic carbocycles. The molecule has 146 valence electrons. The van der Waals surface area contributed by atoms with Crippen molar-refractivity contribution >= 4 is 28.8 Å². The number of nitrogens with zero attached hydrogens (tertiary/aromatic N) is 1. The number of likely N-dealkylation sites (tertiary alicyclic amines) is 1. The predicted molar refractivity (Wildman–Crippen MR) is 83.3 cm³/mol. The highest BCUT2D eigenvalue weighted by Crippen LogP contribution is 2.53. The fourth-order valence-electron chi connectivity index (χ4n) is 3.61. The van der Waals surface area contributed by atoms with E-state index in [1.807, 2.05) is 0 Å². The number of carbonyl (C=O) groups is 1. The molecule has 0 aliphatic carbocycles. The Morgan fingerprint density at radius 3 is 2.69 bits per heavy atom. The lowest BCUT2D eigenvalue weighted by Gasteiger charge is -2.49. The van der Waals surface area contributed by atoms with Crippen LogP contribution in [0.5, 0.6) is 0 Å². The molecule has 2 aliphatic heterocycles. The number of piperidine rings is 1. The normalized spacial score (nSPS) is 32.2. The van der Waals surface area contributed by atoms with E-state index in [0.29, 0.717) is 4.90 Å².